The van der Waals surface area contributed by atoms with Crippen LogP contribution in [0.1, 0.15) is 20.8 Å². The number of hydrogen-bond acceptors (Lipinski definition) is 4. The number of nitrogen functional groups attached to an aromatic ring is 1. The molecular formula is C12H19N3O2S. The molecule has 0 spiro atoms. The van der Waals surface area contributed by atoms with Gasteiger partial charge in [0.25, 0.3) is 0 Å². The topological polar surface area (TPSA) is 85.1 Å². The van der Waals surface area contributed by atoms with Crippen LogP contribution in [0, 0.1) is 5.92 Å². The highest BCUT2D eigenvalue weighted by molar-refractivity contribution is 7.86. The highest BCUT2D eigenvalue weighted by atomic mass is 32.2. The van der Waals surface area contributed by atoms with Gasteiger partial charge in [-0.1, -0.05) is 13.8 Å². The molecule has 0 radical (unpaired) electrons. The van der Waals surface area contributed by atoms with Gasteiger partial charge in [-0.05, 0) is 18.9 Å². The van der Waals surface area contributed by atoms with Crippen molar-refractivity contribution in [2.75, 3.05) is 11.5 Å². The quantitative estimate of drug-likeness (QED) is 0.833. The second-order valence-corrected chi connectivity index (χ2v) is 5.92. The SMILES string of the molecule is CC(C)C(C)NC(=O)CS(=O)c1ccncc1N. The van der Waals surface area contributed by atoms with E-state index in [1.54, 1.807) is 6.07 Å². The number of nitrogens with zero attached hydrogens (tertiary/aromatic N) is 1. The molecule has 1 aromatic rings. The van der Waals surface area contributed by atoms with Crippen LogP contribution in [-0.4, -0.2) is 26.9 Å². The fourth-order valence-corrected chi connectivity index (χ4v) is 2.27. The molecular weight excluding hydrogens is 250 g/mol. The number of carbonyl (C=O) groups excluding carboxylic acids is 1. The lowest BCUT2D eigenvalue weighted by Gasteiger charge is -2.17. The summed E-state index contributed by atoms with van der Waals surface area (Å²) in [5.74, 6) is 0.0322. The van der Waals surface area contributed by atoms with Crippen LogP contribution in [0.2, 0.25) is 0 Å². The minimum Gasteiger partial charge on any atom is -0.396 e. The summed E-state index contributed by atoms with van der Waals surface area (Å²) in [7, 11) is -1.43. The number of hydrogen-bond donors (Lipinski definition) is 2. The third-order valence-electron chi connectivity index (χ3n) is 2.71. The monoisotopic (exact) mass is 269 g/mol. The first kappa shape index (κ1) is 14.6. The fourth-order valence-electron chi connectivity index (χ4n) is 1.26. The molecule has 6 heteroatoms. The molecule has 2 unspecified atom stereocenters. The standard InChI is InChI=1S/C12H19N3O2S/c1-8(2)9(3)15-12(16)7-18(17)11-4-5-14-6-10(11)13/h4-6,8-9H,7,13H2,1-3H3,(H,15,16). The number of carbonyl (C=O) groups is 1. The number of nitrogens with one attached hydrogen (secondary N) is 1. The Morgan fingerprint density at radius 2 is 2.17 bits per heavy atom. The van der Waals surface area contributed by atoms with E-state index in [2.05, 4.69) is 10.3 Å². The Labute approximate surface area is 110 Å². The highest BCUT2D eigenvalue weighted by Crippen LogP contribution is 2.14. The van der Waals surface area contributed by atoms with Crippen molar-refractivity contribution in [2.24, 2.45) is 5.92 Å². The lowest BCUT2D eigenvalue weighted by molar-refractivity contribution is -0.119. The zero-order chi connectivity index (χ0) is 13.7. The van der Waals surface area contributed by atoms with Gasteiger partial charge in [-0.15, -0.1) is 0 Å². The molecule has 0 bridgehead atoms. The van der Waals surface area contributed by atoms with Crippen LogP contribution in [0.25, 0.3) is 0 Å². The molecule has 3 N–H and O–H groups in total. The molecule has 2 atom stereocenters. The first-order chi connectivity index (χ1) is 8.41. The van der Waals surface area contributed by atoms with Gasteiger partial charge in [0.1, 0.15) is 5.75 Å². The van der Waals surface area contributed by atoms with Crippen molar-refractivity contribution in [1.82, 2.24) is 10.3 Å². The molecule has 1 rings (SSSR count). The Bertz CT molecular complexity index is 449. The molecule has 0 saturated carbocycles. The molecule has 0 saturated heterocycles. The van der Waals surface area contributed by atoms with E-state index in [0.29, 0.717) is 16.5 Å². The second kappa shape index (κ2) is 6.49. The van der Waals surface area contributed by atoms with Crippen LogP contribution in [0.15, 0.2) is 23.4 Å². The third kappa shape index (κ3) is 4.10. The average molecular weight is 269 g/mol. The van der Waals surface area contributed by atoms with E-state index in [1.807, 2.05) is 20.8 Å². The summed E-state index contributed by atoms with van der Waals surface area (Å²) in [6.45, 7) is 5.96. The predicted octanol–water partition coefficient (Wildman–Crippen LogP) is 0.932. The predicted molar refractivity (Wildman–Crippen MR) is 72.4 cm³/mol. The van der Waals surface area contributed by atoms with Crippen molar-refractivity contribution >= 4 is 22.4 Å². The van der Waals surface area contributed by atoms with E-state index in [-0.39, 0.29) is 17.7 Å². The number of anilines is 1. The van der Waals surface area contributed by atoms with Crippen molar-refractivity contribution in [3.63, 3.8) is 0 Å². The maximum atomic E-state index is 12.0. The molecule has 100 valence electrons. The molecule has 18 heavy (non-hydrogen) atoms. The maximum absolute atomic E-state index is 12.0. The summed E-state index contributed by atoms with van der Waals surface area (Å²) in [4.78, 5) is 16.0. The molecule has 0 aromatic carbocycles. The Kier molecular flexibility index (Phi) is 5.27. The normalized spacial score (nSPS) is 14.2. The van der Waals surface area contributed by atoms with Crippen molar-refractivity contribution in [3.05, 3.63) is 18.5 Å². The van der Waals surface area contributed by atoms with Crippen LogP contribution in [0.5, 0.6) is 0 Å². The Balaban J connectivity index is 2.61. The lowest BCUT2D eigenvalue weighted by Crippen LogP contribution is -2.38. The van der Waals surface area contributed by atoms with Crippen molar-refractivity contribution in [2.45, 2.75) is 31.7 Å². The number of amides is 1. The summed E-state index contributed by atoms with van der Waals surface area (Å²) in [5.41, 5.74) is 6.01. The molecule has 0 aliphatic carbocycles. The molecule has 1 aromatic heterocycles. The molecule has 5 nitrogen and oxygen atoms in total. The summed E-state index contributed by atoms with van der Waals surface area (Å²) >= 11 is 0. The minimum atomic E-state index is -1.43. The van der Waals surface area contributed by atoms with Crippen LogP contribution in [0.4, 0.5) is 5.69 Å². The Morgan fingerprint density at radius 1 is 1.50 bits per heavy atom. The third-order valence-corrected chi connectivity index (χ3v) is 4.09. The van der Waals surface area contributed by atoms with Crippen LogP contribution >= 0.6 is 0 Å². The van der Waals surface area contributed by atoms with Crippen LogP contribution in [-0.2, 0) is 15.6 Å². The van der Waals surface area contributed by atoms with Gasteiger partial charge in [-0.25, -0.2) is 0 Å². The van der Waals surface area contributed by atoms with E-state index in [4.69, 9.17) is 5.73 Å². The Hall–Kier alpha value is -1.43. The first-order valence-corrected chi connectivity index (χ1v) is 7.11. The fraction of sp³-hybridized carbons (Fsp3) is 0.500. The van der Waals surface area contributed by atoms with E-state index in [0.717, 1.165) is 0 Å². The summed E-state index contributed by atoms with van der Waals surface area (Å²) in [5, 5.41) is 2.81. The van der Waals surface area contributed by atoms with Crippen molar-refractivity contribution in [3.8, 4) is 0 Å². The molecule has 0 aliphatic heterocycles. The number of aromatic nitrogens is 1. The Morgan fingerprint density at radius 3 is 2.72 bits per heavy atom. The highest BCUT2D eigenvalue weighted by Gasteiger charge is 2.15. The van der Waals surface area contributed by atoms with Crippen LogP contribution < -0.4 is 11.1 Å². The first-order valence-electron chi connectivity index (χ1n) is 5.79. The van der Waals surface area contributed by atoms with Gasteiger partial charge < -0.3 is 11.1 Å². The molecule has 1 heterocycles. The van der Waals surface area contributed by atoms with Crippen molar-refractivity contribution in [1.29, 1.82) is 0 Å². The zero-order valence-electron chi connectivity index (χ0n) is 10.8. The summed E-state index contributed by atoms with van der Waals surface area (Å²) < 4.78 is 12.0. The smallest absolute Gasteiger partial charge is 0.233 e. The van der Waals surface area contributed by atoms with Crippen LogP contribution in [0.3, 0.4) is 0 Å². The maximum Gasteiger partial charge on any atom is 0.233 e. The second-order valence-electron chi connectivity index (χ2n) is 4.50. The molecule has 0 fully saturated rings. The number of pyridine rings is 1. The van der Waals surface area contributed by atoms with Gasteiger partial charge in [0.2, 0.25) is 5.91 Å². The lowest BCUT2D eigenvalue weighted by atomic mass is 10.1. The van der Waals surface area contributed by atoms with Gasteiger partial charge in [0, 0.05) is 12.2 Å². The summed E-state index contributed by atoms with van der Waals surface area (Å²) in [6, 6.07) is 1.63. The molecule has 0 aliphatic rings. The van der Waals surface area contributed by atoms with E-state index < -0.39 is 10.8 Å². The van der Waals surface area contributed by atoms with E-state index in [1.165, 1.54) is 12.4 Å². The van der Waals surface area contributed by atoms with Gasteiger partial charge in [0.05, 0.1) is 27.6 Å². The van der Waals surface area contributed by atoms with Gasteiger partial charge in [-0.3, -0.25) is 14.0 Å². The summed E-state index contributed by atoms with van der Waals surface area (Å²) in [6.07, 6.45) is 2.94. The van der Waals surface area contributed by atoms with Gasteiger partial charge in [0.15, 0.2) is 0 Å². The number of rotatable bonds is 5. The largest absolute Gasteiger partial charge is 0.396 e. The average Bonchev–Trinajstić information content (AvgIpc) is 2.28. The minimum absolute atomic E-state index is 0.0595. The number of nitrogens with two attached hydrogens (primary N) is 1. The van der Waals surface area contributed by atoms with Gasteiger partial charge >= 0.3 is 0 Å². The molecule has 1 amide bonds. The van der Waals surface area contributed by atoms with Gasteiger partial charge in [-0.2, -0.15) is 0 Å². The zero-order valence-corrected chi connectivity index (χ0v) is 11.7. The van der Waals surface area contributed by atoms with E-state index in [9.17, 15) is 9.00 Å². The van der Waals surface area contributed by atoms with E-state index >= 15 is 0 Å². The van der Waals surface area contributed by atoms with Crippen molar-refractivity contribution < 1.29 is 9.00 Å².